The van der Waals surface area contributed by atoms with Crippen LogP contribution in [-0.2, 0) is 4.74 Å². The van der Waals surface area contributed by atoms with Crippen molar-refractivity contribution < 1.29 is 14.3 Å². The van der Waals surface area contributed by atoms with E-state index in [4.69, 9.17) is 4.74 Å². The van der Waals surface area contributed by atoms with E-state index in [1.807, 2.05) is 54.7 Å². The molecule has 30 heavy (non-hydrogen) atoms. The molecular weight excluding hydrogens is 493 g/mol. The lowest BCUT2D eigenvalue weighted by atomic mass is 9.89. The number of benzene rings is 2. The van der Waals surface area contributed by atoms with Gasteiger partial charge in [-0.1, -0.05) is 18.2 Å². The Hall–Kier alpha value is -2.39. The number of likely N-dealkylation sites (tertiary alicyclic amines) is 1. The number of anilines is 1. The van der Waals surface area contributed by atoms with Gasteiger partial charge in [0.15, 0.2) is 5.78 Å². The molecule has 1 aliphatic rings. The Morgan fingerprint density at radius 2 is 1.87 bits per heavy atom. The molecule has 1 amide bonds. The van der Waals surface area contributed by atoms with Crippen molar-refractivity contribution in [1.82, 2.24) is 9.88 Å². The Kier molecular flexibility index (Phi) is 6.69. The molecule has 1 saturated heterocycles. The SMILES string of the molecule is O=C(Nc1ccc2cc[nH]c2c1)OCCN1CCC(C(=O)c2ccc(I)cc2)CC1. The smallest absolute Gasteiger partial charge is 0.411 e. The minimum Gasteiger partial charge on any atom is -0.448 e. The van der Waals surface area contributed by atoms with Gasteiger partial charge in [0.05, 0.1) is 0 Å². The highest BCUT2D eigenvalue weighted by atomic mass is 127. The van der Waals surface area contributed by atoms with Crippen LogP contribution in [0.4, 0.5) is 10.5 Å². The summed E-state index contributed by atoms with van der Waals surface area (Å²) in [5.74, 6) is 0.314. The van der Waals surface area contributed by atoms with Crippen LogP contribution >= 0.6 is 22.6 Å². The predicted molar refractivity (Wildman–Crippen MR) is 126 cm³/mol. The number of carbonyl (C=O) groups is 2. The van der Waals surface area contributed by atoms with Crippen molar-refractivity contribution in [1.29, 1.82) is 0 Å². The number of Topliss-reactive ketones (excluding diaryl/α,β-unsaturated/α-hetero) is 1. The summed E-state index contributed by atoms with van der Waals surface area (Å²) in [4.78, 5) is 30.1. The number of fused-ring (bicyclic) bond motifs is 1. The van der Waals surface area contributed by atoms with Crippen molar-refractivity contribution in [2.24, 2.45) is 5.92 Å². The maximum absolute atomic E-state index is 12.7. The molecule has 2 N–H and O–H groups in total. The van der Waals surface area contributed by atoms with E-state index in [9.17, 15) is 9.59 Å². The van der Waals surface area contributed by atoms with Gasteiger partial charge in [0.1, 0.15) is 6.61 Å². The second-order valence-electron chi connectivity index (χ2n) is 7.53. The molecule has 0 spiro atoms. The number of ketones is 1. The molecule has 0 aliphatic carbocycles. The Morgan fingerprint density at radius 1 is 1.10 bits per heavy atom. The molecule has 1 fully saturated rings. The van der Waals surface area contributed by atoms with Crippen LogP contribution in [-0.4, -0.2) is 48.0 Å². The number of nitrogens with one attached hydrogen (secondary N) is 2. The number of amides is 1. The maximum Gasteiger partial charge on any atom is 0.411 e. The van der Waals surface area contributed by atoms with Crippen LogP contribution in [0.25, 0.3) is 10.9 Å². The monoisotopic (exact) mass is 517 g/mol. The normalized spacial score (nSPS) is 15.2. The van der Waals surface area contributed by atoms with E-state index in [0.29, 0.717) is 18.8 Å². The first-order valence-electron chi connectivity index (χ1n) is 10.1. The third-order valence-electron chi connectivity index (χ3n) is 5.53. The Morgan fingerprint density at radius 3 is 2.63 bits per heavy atom. The summed E-state index contributed by atoms with van der Waals surface area (Å²) < 4.78 is 6.46. The number of H-pyrrole nitrogens is 1. The van der Waals surface area contributed by atoms with Crippen molar-refractivity contribution in [3.8, 4) is 0 Å². The molecule has 0 unspecified atom stereocenters. The number of hydrogen-bond donors (Lipinski definition) is 2. The number of rotatable bonds is 6. The molecule has 6 nitrogen and oxygen atoms in total. The highest BCUT2D eigenvalue weighted by Gasteiger charge is 2.25. The number of halogens is 1. The predicted octanol–water partition coefficient (Wildman–Crippen LogP) is 4.92. The summed E-state index contributed by atoms with van der Waals surface area (Å²) in [5.41, 5.74) is 2.46. The van der Waals surface area contributed by atoms with E-state index in [2.05, 4.69) is 37.8 Å². The lowest BCUT2D eigenvalue weighted by Crippen LogP contribution is -2.38. The highest BCUT2D eigenvalue weighted by Crippen LogP contribution is 2.22. The third kappa shape index (κ3) is 5.20. The van der Waals surface area contributed by atoms with Crippen LogP contribution in [0.2, 0.25) is 0 Å². The van der Waals surface area contributed by atoms with E-state index < -0.39 is 6.09 Å². The summed E-state index contributed by atoms with van der Waals surface area (Å²) in [6.45, 7) is 2.68. The molecule has 2 heterocycles. The van der Waals surface area contributed by atoms with Gasteiger partial charge in [-0.2, -0.15) is 0 Å². The van der Waals surface area contributed by atoms with Crippen molar-refractivity contribution in [3.63, 3.8) is 0 Å². The van der Waals surface area contributed by atoms with Crippen LogP contribution in [0, 0.1) is 9.49 Å². The number of piperidine rings is 1. The van der Waals surface area contributed by atoms with Crippen molar-refractivity contribution in [2.45, 2.75) is 12.8 Å². The first kappa shape index (κ1) is 20.9. The molecule has 0 atom stereocenters. The molecule has 2 aromatic carbocycles. The molecular formula is C23H24IN3O3. The molecule has 1 aromatic heterocycles. The van der Waals surface area contributed by atoms with Crippen molar-refractivity contribution in [2.75, 3.05) is 31.6 Å². The van der Waals surface area contributed by atoms with Gasteiger partial charge in [-0.15, -0.1) is 0 Å². The van der Waals surface area contributed by atoms with Gasteiger partial charge in [-0.3, -0.25) is 15.0 Å². The van der Waals surface area contributed by atoms with Crippen LogP contribution < -0.4 is 5.32 Å². The van der Waals surface area contributed by atoms with Gasteiger partial charge in [0.2, 0.25) is 0 Å². The molecule has 4 rings (SSSR count). The molecule has 0 radical (unpaired) electrons. The zero-order valence-electron chi connectivity index (χ0n) is 16.6. The molecule has 0 saturated carbocycles. The number of aromatic amines is 1. The minimum absolute atomic E-state index is 0.0773. The topological polar surface area (TPSA) is 74.4 Å². The summed E-state index contributed by atoms with van der Waals surface area (Å²) in [6, 6.07) is 15.4. The van der Waals surface area contributed by atoms with E-state index >= 15 is 0 Å². The number of aromatic nitrogens is 1. The summed E-state index contributed by atoms with van der Waals surface area (Å²) in [7, 11) is 0. The van der Waals surface area contributed by atoms with Crippen LogP contribution in [0.3, 0.4) is 0 Å². The van der Waals surface area contributed by atoms with Crippen molar-refractivity contribution in [3.05, 3.63) is 63.9 Å². The summed E-state index contributed by atoms with van der Waals surface area (Å²) in [5, 5.41) is 3.86. The molecule has 0 bridgehead atoms. The Labute approximate surface area is 189 Å². The fourth-order valence-corrected chi connectivity index (χ4v) is 4.18. The lowest BCUT2D eigenvalue weighted by Gasteiger charge is -2.31. The second kappa shape index (κ2) is 9.61. The van der Waals surface area contributed by atoms with Gasteiger partial charge in [-0.25, -0.2) is 4.79 Å². The highest BCUT2D eigenvalue weighted by molar-refractivity contribution is 14.1. The third-order valence-corrected chi connectivity index (χ3v) is 6.25. The van der Waals surface area contributed by atoms with E-state index in [0.717, 1.165) is 46.0 Å². The fourth-order valence-electron chi connectivity index (χ4n) is 3.82. The Bertz CT molecular complexity index is 1020. The first-order valence-corrected chi connectivity index (χ1v) is 11.2. The zero-order chi connectivity index (χ0) is 20.9. The van der Waals surface area contributed by atoms with E-state index in [1.165, 1.54) is 0 Å². The standard InChI is InChI=1S/C23H24IN3O3/c24-19-4-1-17(2-5-19)22(28)18-8-11-27(12-9-18)13-14-30-23(29)26-20-6-3-16-7-10-25-21(16)15-20/h1-7,10,15,18,25H,8-9,11-14H2,(H,26,29). The van der Waals surface area contributed by atoms with Crippen LogP contribution in [0.15, 0.2) is 54.7 Å². The fraction of sp³-hybridized carbons (Fsp3) is 0.304. The summed E-state index contributed by atoms with van der Waals surface area (Å²) in [6.07, 6.45) is 3.09. The minimum atomic E-state index is -0.454. The Balaban J connectivity index is 1.18. The first-order chi connectivity index (χ1) is 14.6. The molecule has 1 aliphatic heterocycles. The van der Waals surface area contributed by atoms with Gasteiger partial charge in [0.25, 0.3) is 0 Å². The van der Waals surface area contributed by atoms with Crippen LogP contribution in [0.5, 0.6) is 0 Å². The van der Waals surface area contributed by atoms with E-state index in [1.54, 1.807) is 0 Å². The number of nitrogens with zero attached hydrogens (tertiary/aromatic N) is 1. The van der Waals surface area contributed by atoms with Gasteiger partial charge < -0.3 is 9.72 Å². The number of carbonyl (C=O) groups excluding carboxylic acids is 2. The summed E-state index contributed by atoms with van der Waals surface area (Å²) >= 11 is 2.24. The average Bonchev–Trinajstić information content (AvgIpc) is 3.22. The van der Waals surface area contributed by atoms with Crippen LogP contribution in [0.1, 0.15) is 23.2 Å². The molecule has 7 heteroatoms. The number of hydrogen-bond acceptors (Lipinski definition) is 4. The molecule has 156 valence electrons. The average molecular weight is 517 g/mol. The zero-order valence-corrected chi connectivity index (χ0v) is 18.7. The van der Waals surface area contributed by atoms with Crippen molar-refractivity contribution >= 4 is 51.1 Å². The quantitative estimate of drug-likeness (QED) is 0.360. The largest absolute Gasteiger partial charge is 0.448 e. The van der Waals surface area contributed by atoms with E-state index in [-0.39, 0.29) is 11.7 Å². The maximum atomic E-state index is 12.7. The van der Waals surface area contributed by atoms with Gasteiger partial charge in [-0.05, 0) is 84.2 Å². The second-order valence-corrected chi connectivity index (χ2v) is 8.77. The molecule has 3 aromatic rings. The van der Waals surface area contributed by atoms with Gasteiger partial charge in [0, 0.05) is 39.0 Å². The lowest BCUT2D eigenvalue weighted by molar-refractivity contribution is 0.0813. The number of ether oxygens (including phenoxy) is 1. The van der Waals surface area contributed by atoms with Gasteiger partial charge >= 0.3 is 6.09 Å².